The van der Waals surface area contributed by atoms with Gasteiger partial charge in [-0.3, -0.25) is 24.5 Å². The van der Waals surface area contributed by atoms with Crippen LogP contribution >= 0.6 is 35.0 Å². The van der Waals surface area contributed by atoms with Crippen LogP contribution in [-0.2, 0) is 9.59 Å². The molecule has 1 atom stereocenters. The summed E-state index contributed by atoms with van der Waals surface area (Å²) in [6.45, 7) is 0. The number of non-ortho nitro benzene ring substituents is 1. The maximum atomic E-state index is 13.5. The van der Waals surface area contributed by atoms with Crippen molar-refractivity contribution in [1.82, 2.24) is 5.32 Å². The van der Waals surface area contributed by atoms with Crippen molar-refractivity contribution in [2.45, 2.75) is 10.1 Å². The number of rotatable bonds is 11. The van der Waals surface area contributed by atoms with Crippen molar-refractivity contribution in [2.75, 3.05) is 10.6 Å². The highest BCUT2D eigenvalue weighted by atomic mass is 35.5. The molecule has 5 rings (SSSR count). The zero-order chi connectivity index (χ0) is 34.0. The van der Waals surface area contributed by atoms with Crippen molar-refractivity contribution in [3.8, 4) is 0 Å². The number of anilines is 2. The number of benzene rings is 5. The fourth-order valence-electron chi connectivity index (χ4n) is 4.49. The molecule has 3 N–H and O–H groups in total. The van der Waals surface area contributed by atoms with E-state index in [1.165, 1.54) is 42.1 Å². The van der Waals surface area contributed by atoms with Gasteiger partial charge in [-0.15, -0.1) is 11.8 Å². The number of nitrogens with one attached hydrogen (secondary N) is 3. The van der Waals surface area contributed by atoms with E-state index < -0.39 is 22.0 Å². The van der Waals surface area contributed by atoms with Gasteiger partial charge in [0.15, 0.2) is 0 Å². The minimum atomic E-state index is -0.631. The molecule has 12 heteroatoms. The molecule has 0 spiro atoms. The monoisotopic (exact) mass is 696 g/mol. The number of amides is 3. The standard InChI is InChI=1S/C36H26Cl2N4O5S/c37-26-20-27(38)22-29(21-26)40-36(45)33(24-7-3-1-4-8-24)48-31-17-13-28(14-18-31)39-35(44)32(41-34(43)25-9-5-2-6-10-25)19-23-11-15-30(16-12-23)42(46)47/h1-22,33H,(H,39,44)(H,40,45)(H,41,43)/b32-19-. The predicted molar refractivity (Wildman–Crippen MR) is 190 cm³/mol. The van der Waals surface area contributed by atoms with Gasteiger partial charge in [0, 0.05) is 44.0 Å². The lowest BCUT2D eigenvalue weighted by Gasteiger charge is -2.18. The van der Waals surface area contributed by atoms with Crippen molar-refractivity contribution in [2.24, 2.45) is 0 Å². The second-order valence-electron chi connectivity index (χ2n) is 10.3. The van der Waals surface area contributed by atoms with Crippen molar-refractivity contribution < 1.29 is 19.3 Å². The van der Waals surface area contributed by atoms with Crippen molar-refractivity contribution in [1.29, 1.82) is 0 Å². The molecule has 0 heterocycles. The van der Waals surface area contributed by atoms with E-state index in [1.807, 2.05) is 30.3 Å². The van der Waals surface area contributed by atoms with Crippen LogP contribution in [0.2, 0.25) is 10.0 Å². The van der Waals surface area contributed by atoms with E-state index in [-0.39, 0.29) is 17.3 Å². The van der Waals surface area contributed by atoms with Crippen LogP contribution in [-0.4, -0.2) is 22.6 Å². The van der Waals surface area contributed by atoms with E-state index in [0.29, 0.717) is 32.5 Å². The van der Waals surface area contributed by atoms with Crippen LogP contribution in [0.4, 0.5) is 17.1 Å². The molecule has 240 valence electrons. The van der Waals surface area contributed by atoms with Crippen LogP contribution in [0.25, 0.3) is 6.08 Å². The lowest BCUT2D eigenvalue weighted by atomic mass is 10.1. The minimum Gasteiger partial charge on any atom is -0.325 e. The molecule has 5 aromatic rings. The van der Waals surface area contributed by atoms with Gasteiger partial charge in [0.05, 0.1) is 4.92 Å². The van der Waals surface area contributed by atoms with Crippen LogP contribution < -0.4 is 16.0 Å². The Kier molecular flexibility index (Phi) is 11.3. The molecule has 3 amide bonds. The Balaban J connectivity index is 1.34. The predicted octanol–water partition coefficient (Wildman–Crippen LogP) is 8.78. The number of hydrogen-bond acceptors (Lipinski definition) is 6. The maximum absolute atomic E-state index is 13.5. The number of nitro groups is 1. The molecule has 0 aliphatic heterocycles. The van der Waals surface area contributed by atoms with Gasteiger partial charge >= 0.3 is 0 Å². The van der Waals surface area contributed by atoms with Gasteiger partial charge in [-0.2, -0.15) is 0 Å². The molecule has 1 unspecified atom stereocenters. The number of halogens is 2. The van der Waals surface area contributed by atoms with Gasteiger partial charge in [0.1, 0.15) is 10.9 Å². The van der Waals surface area contributed by atoms with Crippen LogP contribution in [0.15, 0.2) is 138 Å². The summed E-state index contributed by atoms with van der Waals surface area (Å²) in [7, 11) is 0. The summed E-state index contributed by atoms with van der Waals surface area (Å²) in [5.41, 5.74) is 2.31. The van der Waals surface area contributed by atoms with Crippen molar-refractivity contribution in [3.05, 3.63) is 170 Å². The normalized spacial score (nSPS) is 11.7. The average Bonchev–Trinajstić information content (AvgIpc) is 3.08. The SMILES string of the molecule is O=C(Nc1ccc(SC(C(=O)Nc2cc(Cl)cc(Cl)c2)c2ccccc2)cc1)/C(=C/c1ccc([N+](=O)[O-])cc1)NC(=O)c1ccccc1. The van der Waals surface area contributed by atoms with Gasteiger partial charge in [0.2, 0.25) is 5.91 Å². The van der Waals surface area contributed by atoms with Crippen LogP contribution in [0.1, 0.15) is 26.7 Å². The third-order valence-electron chi connectivity index (χ3n) is 6.78. The van der Waals surface area contributed by atoms with Crippen molar-refractivity contribution >= 4 is 75.8 Å². The zero-order valence-electron chi connectivity index (χ0n) is 24.9. The Bertz CT molecular complexity index is 1950. The average molecular weight is 698 g/mol. The first-order chi connectivity index (χ1) is 23.1. The molecule has 0 aliphatic rings. The van der Waals surface area contributed by atoms with Crippen LogP contribution in [0.5, 0.6) is 0 Å². The third kappa shape index (κ3) is 9.32. The fourth-order valence-corrected chi connectivity index (χ4v) is 6.04. The molecule has 0 aromatic heterocycles. The minimum absolute atomic E-state index is 0.0712. The highest BCUT2D eigenvalue weighted by Gasteiger charge is 2.23. The number of carbonyl (C=O) groups is 3. The Morgan fingerprint density at radius 3 is 1.94 bits per heavy atom. The first kappa shape index (κ1) is 33.9. The number of thioether (sulfide) groups is 1. The Morgan fingerprint density at radius 2 is 1.33 bits per heavy atom. The second kappa shape index (κ2) is 15.9. The molecule has 0 aliphatic carbocycles. The topological polar surface area (TPSA) is 130 Å². The summed E-state index contributed by atoms with van der Waals surface area (Å²) in [5, 5.41) is 19.5. The summed E-state index contributed by atoms with van der Waals surface area (Å²) in [6, 6.07) is 35.0. The summed E-state index contributed by atoms with van der Waals surface area (Å²) < 4.78 is 0. The molecule has 48 heavy (non-hydrogen) atoms. The number of carbonyl (C=O) groups excluding carboxylic acids is 3. The lowest BCUT2D eigenvalue weighted by molar-refractivity contribution is -0.384. The largest absolute Gasteiger partial charge is 0.325 e. The van der Waals surface area contributed by atoms with Crippen LogP contribution in [0.3, 0.4) is 0 Å². The van der Waals surface area contributed by atoms with Gasteiger partial charge in [-0.05, 0) is 83.9 Å². The van der Waals surface area contributed by atoms with Gasteiger partial charge in [0.25, 0.3) is 17.5 Å². The Labute approximate surface area is 290 Å². The summed E-state index contributed by atoms with van der Waals surface area (Å²) in [4.78, 5) is 51.2. The van der Waals surface area contributed by atoms with Gasteiger partial charge < -0.3 is 16.0 Å². The number of hydrogen-bond donors (Lipinski definition) is 3. The zero-order valence-corrected chi connectivity index (χ0v) is 27.3. The van der Waals surface area contributed by atoms with E-state index >= 15 is 0 Å². The fraction of sp³-hybridized carbons (Fsp3) is 0.0278. The van der Waals surface area contributed by atoms with E-state index in [0.717, 1.165) is 10.5 Å². The van der Waals surface area contributed by atoms with Gasteiger partial charge in [-0.1, -0.05) is 71.7 Å². The van der Waals surface area contributed by atoms with Crippen LogP contribution in [0, 0.1) is 10.1 Å². The van der Waals surface area contributed by atoms with Crippen molar-refractivity contribution in [3.63, 3.8) is 0 Å². The number of nitro benzene ring substituents is 1. The van der Waals surface area contributed by atoms with E-state index in [2.05, 4.69) is 16.0 Å². The Morgan fingerprint density at radius 1 is 0.729 bits per heavy atom. The van der Waals surface area contributed by atoms with E-state index in [9.17, 15) is 24.5 Å². The smallest absolute Gasteiger partial charge is 0.272 e. The second-order valence-corrected chi connectivity index (χ2v) is 12.3. The highest BCUT2D eigenvalue weighted by molar-refractivity contribution is 8.00. The molecule has 0 bridgehead atoms. The molecule has 0 saturated heterocycles. The first-order valence-electron chi connectivity index (χ1n) is 14.4. The lowest BCUT2D eigenvalue weighted by Crippen LogP contribution is -2.30. The molecule has 5 aromatic carbocycles. The molecule has 0 fully saturated rings. The summed E-state index contributed by atoms with van der Waals surface area (Å²) >= 11 is 13.6. The third-order valence-corrected chi connectivity index (χ3v) is 8.48. The molecular weight excluding hydrogens is 671 g/mol. The molecular formula is C36H26Cl2N4O5S. The summed E-state index contributed by atoms with van der Waals surface area (Å²) in [6.07, 6.45) is 1.43. The highest BCUT2D eigenvalue weighted by Crippen LogP contribution is 2.37. The Hall–Kier alpha value is -5.42. The molecule has 0 radical (unpaired) electrons. The molecule has 9 nitrogen and oxygen atoms in total. The van der Waals surface area contributed by atoms with Gasteiger partial charge in [-0.25, -0.2) is 0 Å². The summed E-state index contributed by atoms with van der Waals surface area (Å²) in [5.74, 6) is -1.40. The first-order valence-corrected chi connectivity index (χ1v) is 16.0. The van der Waals surface area contributed by atoms with E-state index in [4.69, 9.17) is 23.2 Å². The number of nitrogens with zero attached hydrogens (tertiary/aromatic N) is 1. The van der Waals surface area contributed by atoms with E-state index in [1.54, 1.807) is 72.8 Å². The maximum Gasteiger partial charge on any atom is 0.272 e. The quantitative estimate of drug-likeness (QED) is 0.0548. The molecule has 0 saturated carbocycles.